The van der Waals surface area contributed by atoms with Crippen molar-refractivity contribution in [1.29, 1.82) is 0 Å². The van der Waals surface area contributed by atoms with Crippen molar-refractivity contribution >= 4 is 21.8 Å². The van der Waals surface area contributed by atoms with Crippen LogP contribution in [0.1, 0.15) is 22.2 Å². The van der Waals surface area contributed by atoms with Gasteiger partial charge in [-0.25, -0.2) is 9.37 Å². The summed E-state index contributed by atoms with van der Waals surface area (Å²) in [6, 6.07) is 4.20. The quantitative estimate of drug-likeness (QED) is 0.885. The zero-order valence-electron chi connectivity index (χ0n) is 12.1. The molecule has 1 amide bonds. The molecular formula is C15H16BrFN4O. The largest absolute Gasteiger partial charge is 0.336 e. The Morgan fingerprint density at radius 2 is 2.32 bits per heavy atom. The van der Waals surface area contributed by atoms with Crippen LogP contribution in [0, 0.1) is 5.82 Å². The summed E-state index contributed by atoms with van der Waals surface area (Å²) in [6.45, 7) is 1.97. The molecule has 7 heteroatoms. The first-order chi connectivity index (χ1) is 10.6. The van der Waals surface area contributed by atoms with Crippen molar-refractivity contribution in [1.82, 2.24) is 19.8 Å². The van der Waals surface area contributed by atoms with E-state index >= 15 is 0 Å². The highest BCUT2D eigenvalue weighted by Gasteiger charge is 2.31. The summed E-state index contributed by atoms with van der Waals surface area (Å²) < 4.78 is 15.6. The number of aromatic nitrogens is 2. The van der Waals surface area contributed by atoms with Crippen LogP contribution < -0.4 is 5.32 Å². The number of nitrogens with zero attached hydrogens (tertiary/aromatic N) is 3. The number of nitrogens with one attached hydrogen (secondary N) is 1. The standard InChI is InChI=1S/C15H16BrFN4O/c1-20-6-5-19-14(20)13-9-18-4-7-21(13)15(22)10-2-3-12(17)11(16)8-10/h2-3,5-6,8,13,18H,4,7,9H2,1H3. The van der Waals surface area contributed by atoms with Crippen LogP contribution in [-0.2, 0) is 7.05 Å². The van der Waals surface area contributed by atoms with Gasteiger partial charge in [-0.1, -0.05) is 0 Å². The molecule has 1 fully saturated rings. The monoisotopic (exact) mass is 366 g/mol. The topological polar surface area (TPSA) is 50.2 Å². The van der Waals surface area contributed by atoms with E-state index in [1.54, 1.807) is 11.1 Å². The predicted molar refractivity (Wildman–Crippen MR) is 84.0 cm³/mol. The van der Waals surface area contributed by atoms with Crippen LogP contribution in [-0.4, -0.2) is 40.0 Å². The average Bonchev–Trinajstić information content (AvgIpc) is 2.95. The van der Waals surface area contributed by atoms with Gasteiger partial charge in [-0.05, 0) is 34.1 Å². The highest BCUT2D eigenvalue weighted by atomic mass is 79.9. The number of halogens is 2. The SMILES string of the molecule is Cn1ccnc1C1CNCCN1C(=O)c1ccc(F)c(Br)c1. The minimum Gasteiger partial charge on any atom is -0.336 e. The molecule has 116 valence electrons. The number of carbonyl (C=O) groups is 1. The second kappa shape index (κ2) is 6.18. The number of aryl methyl sites for hydroxylation is 1. The lowest BCUT2D eigenvalue weighted by Gasteiger charge is -2.35. The second-order valence-electron chi connectivity index (χ2n) is 5.24. The summed E-state index contributed by atoms with van der Waals surface area (Å²) in [7, 11) is 1.91. The predicted octanol–water partition coefficient (Wildman–Crippen LogP) is 2.11. The maximum Gasteiger partial charge on any atom is 0.254 e. The molecule has 0 radical (unpaired) electrons. The van der Waals surface area contributed by atoms with Gasteiger partial charge in [0.2, 0.25) is 0 Å². The minimum absolute atomic E-state index is 0.116. The lowest BCUT2D eigenvalue weighted by atomic mass is 10.1. The fourth-order valence-corrected chi connectivity index (χ4v) is 3.05. The third kappa shape index (κ3) is 2.78. The van der Waals surface area contributed by atoms with Crippen molar-refractivity contribution in [3.63, 3.8) is 0 Å². The number of hydrogen-bond donors (Lipinski definition) is 1. The van der Waals surface area contributed by atoms with Crippen LogP contribution in [0.4, 0.5) is 4.39 Å². The van der Waals surface area contributed by atoms with Crippen molar-refractivity contribution in [3.8, 4) is 0 Å². The first-order valence-electron chi connectivity index (χ1n) is 7.02. The molecule has 0 aliphatic carbocycles. The van der Waals surface area contributed by atoms with E-state index in [4.69, 9.17) is 0 Å². The van der Waals surface area contributed by atoms with E-state index in [9.17, 15) is 9.18 Å². The second-order valence-corrected chi connectivity index (χ2v) is 6.10. The Morgan fingerprint density at radius 1 is 1.50 bits per heavy atom. The van der Waals surface area contributed by atoms with Gasteiger partial charge in [0.15, 0.2) is 0 Å². The zero-order chi connectivity index (χ0) is 15.7. The third-order valence-electron chi connectivity index (χ3n) is 3.83. The molecule has 1 atom stereocenters. The molecule has 1 aliphatic rings. The number of imidazole rings is 1. The van der Waals surface area contributed by atoms with E-state index in [0.29, 0.717) is 23.1 Å². The van der Waals surface area contributed by atoms with Crippen molar-refractivity contribution in [2.45, 2.75) is 6.04 Å². The highest BCUT2D eigenvalue weighted by molar-refractivity contribution is 9.10. The molecule has 0 spiro atoms. The van der Waals surface area contributed by atoms with Gasteiger partial charge in [0.1, 0.15) is 17.7 Å². The molecule has 1 N–H and O–H groups in total. The Hall–Kier alpha value is -1.73. The van der Waals surface area contributed by atoms with Crippen LogP contribution in [0.3, 0.4) is 0 Å². The number of benzene rings is 1. The molecule has 1 aliphatic heterocycles. The number of piperazine rings is 1. The first kappa shape index (κ1) is 15.2. The Labute approximate surface area is 136 Å². The Balaban J connectivity index is 1.91. The molecule has 22 heavy (non-hydrogen) atoms. The van der Waals surface area contributed by atoms with Crippen LogP contribution in [0.25, 0.3) is 0 Å². The van der Waals surface area contributed by atoms with E-state index in [1.807, 2.05) is 17.8 Å². The molecule has 1 unspecified atom stereocenters. The van der Waals surface area contributed by atoms with Crippen LogP contribution in [0.15, 0.2) is 35.1 Å². The van der Waals surface area contributed by atoms with Crippen molar-refractivity contribution in [2.24, 2.45) is 7.05 Å². The molecule has 2 aromatic rings. The van der Waals surface area contributed by atoms with Crippen LogP contribution in [0.2, 0.25) is 0 Å². The maximum atomic E-state index is 13.4. The summed E-state index contributed by atoms with van der Waals surface area (Å²) in [5.74, 6) is 0.342. The van der Waals surface area contributed by atoms with Gasteiger partial charge in [-0.15, -0.1) is 0 Å². The van der Waals surface area contributed by atoms with E-state index in [1.165, 1.54) is 18.2 Å². The molecule has 0 bridgehead atoms. The van der Waals surface area contributed by atoms with Gasteiger partial charge in [0.25, 0.3) is 5.91 Å². The van der Waals surface area contributed by atoms with Crippen LogP contribution in [0.5, 0.6) is 0 Å². The number of hydrogen-bond acceptors (Lipinski definition) is 3. The number of amides is 1. The fourth-order valence-electron chi connectivity index (χ4n) is 2.67. The van der Waals surface area contributed by atoms with Crippen molar-refractivity contribution in [3.05, 3.63) is 52.3 Å². The summed E-state index contributed by atoms with van der Waals surface area (Å²) in [5.41, 5.74) is 0.467. The van der Waals surface area contributed by atoms with Crippen LogP contribution >= 0.6 is 15.9 Å². The highest BCUT2D eigenvalue weighted by Crippen LogP contribution is 2.24. The van der Waals surface area contributed by atoms with Gasteiger partial charge in [-0.2, -0.15) is 0 Å². The van der Waals surface area contributed by atoms with Gasteiger partial charge in [-0.3, -0.25) is 4.79 Å². The maximum absolute atomic E-state index is 13.4. The van der Waals surface area contributed by atoms with Gasteiger partial charge >= 0.3 is 0 Å². The zero-order valence-corrected chi connectivity index (χ0v) is 13.7. The Morgan fingerprint density at radius 3 is 3.00 bits per heavy atom. The Bertz CT molecular complexity index is 703. The normalized spacial score (nSPS) is 18.5. The molecule has 2 heterocycles. The Kier molecular flexibility index (Phi) is 4.26. The van der Waals surface area contributed by atoms with E-state index in [-0.39, 0.29) is 17.8 Å². The third-order valence-corrected chi connectivity index (χ3v) is 4.44. The molecule has 3 rings (SSSR count). The molecule has 1 aromatic heterocycles. The minimum atomic E-state index is -0.377. The lowest BCUT2D eigenvalue weighted by Crippen LogP contribution is -2.49. The fraction of sp³-hybridized carbons (Fsp3) is 0.333. The summed E-state index contributed by atoms with van der Waals surface area (Å²) in [6.07, 6.45) is 3.59. The van der Waals surface area contributed by atoms with Gasteiger partial charge in [0, 0.05) is 44.6 Å². The molecule has 1 saturated heterocycles. The van der Waals surface area contributed by atoms with E-state index < -0.39 is 0 Å². The summed E-state index contributed by atoms with van der Waals surface area (Å²) in [4.78, 5) is 18.9. The molecule has 1 aromatic carbocycles. The number of rotatable bonds is 2. The lowest BCUT2D eigenvalue weighted by molar-refractivity contribution is 0.0620. The van der Waals surface area contributed by atoms with E-state index in [0.717, 1.165) is 12.4 Å². The number of carbonyl (C=O) groups excluding carboxylic acids is 1. The molecular weight excluding hydrogens is 351 g/mol. The first-order valence-corrected chi connectivity index (χ1v) is 7.81. The van der Waals surface area contributed by atoms with Crippen molar-refractivity contribution < 1.29 is 9.18 Å². The summed E-state index contributed by atoms with van der Waals surface area (Å²) in [5, 5.41) is 3.29. The molecule has 0 saturated carbocycles. The summed E-state index contributed by atoms with van der Waals surface area (Å²) >= 11 is 3.13. The average molecular weight is 367 g/mol. The van der Waals surface area contributed by atoms with Gasteiger partial charge < -0.3 is 14.8 Å². The smallest absolute Gasteiger partial charge is 0.254 e. The molecule has 5 nitrogen and oxygen atoms in total. The van der Waals surface area contributed by atoms with E-state index in [2.05, 4.69) is 26.2 Å². The van der Waals surface area contributed by atoms with Gasteiger partial charge in [0.05, 0.1) is 4.47 Å². The van der Waals surface area contributed by atoms with Crippen molar-refractivity contribution in [2.75, 3.05) is 19.6 Å².